The van der Waals surface area contributed by atoms with Crippen molar-refractivity contribution >= 4 is 5.91 Å². The van der Waals surface area contributed by atoms with Crippen molar-refractivity contribution in [2.75, 3.05) is 20.6 Å². The summed E-state index contributed by atoms with van der Waals surface area (Å²) >= 11 is 0. The Morgan fingerprint density at radius 2 is 1.86 bits per heavy atom. The molecule has 1 aliphatic rings. The number of nitrogens with zero attached hydrogens (tertiary/aromatic N) is 1. The number of amides is 1. The van der Waals surface area contributed by atoms with Crippen molar-refractivity contribution in [3.05, 3.63) is 34.4 Å². The van der Waals surface area contributed by atoms with Gasteiger partial charge in [-0.2, -0.15) is 0 Å². The van der Waals surface area contributed by atoms with E-state index >= 15 is 0 Å². The Balaban J connectivity index is 2.08. The van der Waals surface area contributed by atoms with E-state index in [9.17, 15) is 4.79 Å². The summed E-state index contributed by atoms with van der Waals surface area (Å²) in [6.07, 6.45) is 3.20. The number of aryl methyl sites for hydroxylation is 3. The van der Waals surface area contributed by atoms with Crippen LogP contribution in [-0.4, -0.2) is 37.5 Å². The molecule has 0 aromatic heterocycles. The van der Waals surface area contributed by atoms with E-state index < -0.39 is 0 Å². The molecule has 2 atom stereocenters. The van der Waals surface area contributed by atoms with Crippen LogP contribution in [0.1, 0.15) is 35.1 Å². The quantitative estimate of drug-likeness (QED) is 0.927. The van der Waals surface area contributed by atoms with Crippen molar-refractivity contribution in [3.8, 4) is 0 Å². The fourth-order valence-electron chi connectivity index (χ4n) is 3.50. The van der Waals surface area contributed by atoms with E-state index in [4.69, 9.17) is 0 Å². The number of rotatable bonds is 3. The van der Waals surface area contributed by atoms with E-state index in [0.29, 0.717) is 5.92 Å². The number of hydrogen-bond acceptors (Lipinski definition) is 2. The highest BCUT2D eigenvalue weighted by Gasteiger charge is 2.28. The van der Waals surface area contributed by atoms with Crippen LogP contribution >= 0.6 is 0 Å². The lowest BCUT2D eigenvalue weighted by Crippen LogP contribution is -2.48. The fraction of sp³-hybridized carbons (Fsp3) is 0.611. The Morgan fingerprint density at radius 1 is 1.24 bits per heavy atom. The molecular formula is C18H28N2O. The number of benzene rings is 1. The number of likely N-dealkylation sites (N-methyl/N-ethyl adjacent to an activating group) is 1. The second-order valence-electron chi connectivity index (χ2n) is 6.71. The molecule has 0 radical (unpaired) electrons. The highest BCUT2D eigenvalue weighted by atomic mass is 16.2. The first-order valence-electron chi connectivity index (χ1n) is 7.89. The number of carbonyl (C=O) groups excluding carboxylic acids is 1. The first-order valence-corrected chi connectivity index (χ1v) is 7.89. The minimum atomic E-state index is -0.00943. The van der Waals surface area contributed by atoms with Crippen molar-refractivity contribution < 1.29 is 4.79 Å². The van der Waals surface area contributed by atoms with Gasteiger partial charge in [0, 0.05) is 14.1 Å². The molecule has 21 heavy (non-hydrogen) atoms. The maximum absolute atomic E-state index is 12.1. The normalized spacial score (nSPS) is 22.1. The largest absolute Gasteiger partial charge is 0.347 e. The van der Waals surface area contributed by atoms with E-state index in [0.717, 1.165) is 25.8 Å². The molecule has 1 aromatic rings. The van der Waals surface area contributed by atoms with E-state index in [1.54, 1.807) is 4.90 Å². The van der Waals surface area contributed by atoms with Gasteiger partial charge in [0.1, 0.15) is 0 Å². The zero-order chi connectivity index (χ0) is 15.6. The summed E-state index contributed by atoms with van der Waals surface area (Å²) in [7, 11) is 3.67. The average molecular weight is 288 g/mol. The lowest BCUT2D eigenvalue weighted by atomic mass is 9.84. The minimum Gasteiger partial charge on any atom is -0.347 e. The van der Waals surface area contributed by atoms with Gasteiger partial charge in [-0.15, -0.1) is 0 Å². The van der Waals surface area contributed by atoms with Crippen molar-refractivity contribution in [3.63, 3.8) is 0 Å². The molecule has 116 valence electrons. The molecule has 1 fully saturated rings. The summed E-state index contributed by atoms with van der Waals surface area (Å²) in [5.74, 6) is 0.803. The van der Waals surface area contributed by atoms with Crippen LogP contribution in [0.15, 0.2) is 12.1 Å². The third kappa shape index (κ3) is 3.85. The SMILES string of the molecule is Cc1cc(C)c(CC2CCNC(C(=O)N(C)C)C2)c(C)c1. The summed E-state index contributed by atoms with van der Waals surface area (Å²) in [6.45, 7) is 7.51. The molecule has 3 heteroatoms. The van der Waals surface area contributed by atoms with Crippen LogP contribution in [-0.2, 0) is 11.2 Å². The highest BCUT2D eigenvalue weighted by Crippen LogP contribution is 2.26. The Labute approximate surface area is 128 Å². The predicted octanol–water partition coefficient (Wildman–Crippen LogP) is 2.61. The topological polar surface area (TPSA) is 32.3 Å². The van der Waals surface area contributed by atoms with Gasteiger partial charge in [0.25, 0.3) is 0 Å². The van der Waals surface area contributed by atoms with Crippen LogP contribution in [0.5, 0.6) is 0 Å². The summed E-state index contributed by atoms with van der Waals surface area (Å²) < 4.78 is 0. The summed E-state index contributed by atoms with van der Waals surface area (Å²) in [6, 6.07) is 4.53. The second-order valence-corrected chi connectivity index (χ2v) is 6.71. The molecule has 1 heterocycles. The van der Waals surface area contributed by atoms with Crippen molar-refractivity contribution in [2.45, 2.75) is 46.1 Å². The highest BCUT2D eigenvalue weighted by molar-refractivity contribution is 5.81. The van der Waals surface area contributed by atoms with Gasteiger partial charge in [-0.1, -0.05) is 17.7 Å². The number of nitrogens with one attached hydrogen (secondary N) is 1. The molecule has 0 bridgehead atoms. The Morgan fingerprint density at radius 3 is 2.43 bits per heavy atom. The van der Waals surface area contributed by atoms with E-state index in [-0.39, 0.29) is 11.9 Å². The maximum Gasteiger partial charge on any atom is 0.239 e. The first kappa shape index (κ1) is 16.0. The average Bonchev–Trinajstić information content (AvgIpc) is 2.42. The minimum absolute atomic E-state index is 0.00943. The zero-order valence-corrected chi connectivity index (χ0v) is 14.0. The second kappa shape index (κ2) is 6.61. The summed E-state index contributed by atoms with van der Waals surface area (Å²) in [5.41, 5.74) is 5.59. The molecule has 1 aromatic carbocycles. The lowest BCUT2D eigenvalue weighted by molar-refractivity contribution is -0.131. The van der Waals surface area contributed by atoms with Crippen molar-refractivity contribution in [1.82, 2.24) is 10.2 Å². The molecule has 0 aliphatic carbocycles. The van der Waals surface area contributed by atoms with Gasteiger partial charge in [-0.3, -0.25) is 4.79 Å². The number of carbonyl (C=O) groups is 1. The monoisotopic (exact) mass is 288 g/mol. The molecule has 0 saturated carbocycles. The van der Waals surface area contributed by atoms with Crippen LogP contribution in [0.2, 0.25) is 0 Å². The van der Waals surface area contributed by atoms with E-state index in [1.165, 1.54) is 22.3 Å². The zero-order valence-electron chi connectivity index (χ0n) is 14.0. The molecular weight excluding hydrogens is 260 g/mol. The Hall–Kier alpha value is -1.35. The standard InChI is InChI=1S/C18H28N2O/c1-12-8-13(2)16(14(3)9-12)10-15-6-7-19-17(11-15)18(21)20(4)5/h8-9,15,17,19H,6-7,10-11H2,1-5H3. The van der Waals surface area contributed by atoms with Crippen molar-refractivity contribution in [1.29, 1.82) is 0 Å². The smallest absolute Gasteiger partial charge is 0.239 e. The van der Waals surface area contributed by atoms with Crippen LogP contribution in [0.25, 0.3) is 0 Å². The summed E-state index contributed by atoms with van der Waals surface area (Å²) in [5, 5.41) is 3.36. The maximum atomic E-state index is 12.1. The van der Waals surface area contributed by atoms with E-state index in [2.05, 4.69) is 38.2 Å². The third-order valence-corrected chi connectivity index (χ3v) is 4.58. The Bertz CT molecular complexity index is 499. The first-order chi connectivity index (χ1) is 9.88. The Kier molecular flexibility index (Phi) is 5.04. The van der Waals surface area contributed by atoms with E-state index in [1.807, 2.05) is 14.1 Å². The molecule has 1 amide bonds. The predicted molar refractivity (Wildman–Crippen MR) is 87.6 cm³/mol. The number of hydrogen-bond donors (Lipinski definition) is 1. The third-order valence-electron chi connectivity index (χ3n) is 4.58. The fourth-order valence-corrected chi connectivity index (χ4v) is 3.50. The molecule has 2 rings (SSSR count). The molecule has 2 unspecified atom stereocenters. The van der Waals surface area contributed by atoms with Gasteiger partial charge in [0.2, 0.25) is 5.91 Å². The molecule has 3 nitrogen and oxygen atoms in total. The molecule has 1 N–H and O–H groups in total. The van der Waals surface area contributed by atoms with Gasteiger partial charge in [-0.05, 0) is 69.2 Å². The van der Waals surface area contributed by atoms with Gasteiger partial charge in [-0.25, -0.2) is 0 Å². The summed E-state index contributed by atoms with van der Waals surface area (Å²) in [4.78, 5) is 13.8. The van der Waals surface area contributed by atoms with Gasteiger partial charge >= 0.3 is 0 Å². The molecule has 1 aliphatic heterocycles. The van der Waals surface area contributed by atoms with Gasteiger partial charge < -0.3 is 10.2 Å². The lowest BCUT2D eigenvalue weighted by Gasteiger charge is -2.31. The van der Waals surface area contributed by atoms with Gasteiger partial charge in [0.05, 0.1) is 6.04 Å². The number of piperidine rings is 1. The van der Waals surface area contributed by atoms with Crippen LogP contribution in [0.3, 0.4) is 0 Å². The van der Waals surface area contributed by atoms with Crippen LogP contribution in [0.4, 0.5) is 0 Å². The van der Waals surface area contributed by atoms with Crippen LogP contribution in [0, 0.1) is 26.7 Å². The molecule has 1 saturated heterocycles. The van der Waals surface area contributed by atoms with Crippen molar-refractivity contribution in [2.24, 2.45) is 5.92 Å². The molecule has 0 spiro atoms. The van der Waals surface area contributed by atoms with Gasteiger partial charge in [0.15, 0.2) is 0 Å². The van der Waals surface area contributed by atoms with Crippen LogP contribution < -0.4 is 5.32 Å².